The lowest BCUT2D eigenvalue weighted by Gasteiger charge is -2.00. The van der Waals surface area contributed by atoms with Crippen molar-refractivity contribution < 1.29 is 9.90 Å². The molecule has 0 bridgehead atoms. The molecule has 5 nitrogen and oxygen atoms in total. The Morgan fingerprint density at radius 1 is 1.53 bits per heavy atom. The van der Waals surface area contributed by atoms with Crippen LogP contribution in [-0.4, -0.2) is 25.7 Å². The minimum absolute atomic E-state index is 0.0427. The molecule has 0 saturated heterocycles. The van der Waals surface area contributed by atoms with Gasteiger partial charge in [-0.25, -0.2) is 9.50 Å². The molecule has 0 aliphatic rings. The van der Waals surface area contributed by atoms with Gasteiger partial charge < -0.3 is 5.11 Å². The van der Waals surface area contributed by atoms with E-state index in [0.717, 1.165) is 11.3 Å². The molecular formula is C10H11N3O2. The van der Waals surface area contributed by atoms with Crippen molar-refractivity contribution in [2.45, 2.75) is 20.3 Å². The van der Waals surface area contributed by atoms with Crippen molar-refractivity contribution in [3.05, 3.63) is 29.2 Å². The smallest absolute Gasteiger partial charge is 0.308 e. The van der Waals surface area contributed by atoms with Crippen LogP contribution < -0.4 is 0 Å². The zero-order chi connectivity index (χ0) is 11.0. The van der Waals surface area contributed by atoms with E-state index in [9.17, 15) is 4.79 Å². The summed E-state index contributed by atoms with van der Waals surface area (Å²) >= 11 is 0. The fraction of sp³-hybridized carbons (Fsp3) is 0.300. The first-order chi connectivity index (χ1) is 7.08. The molecular weight excluding hydrogens is 194 g/mol. The van der Waals surface area contributed by atoms with E-state index in [1.165, 1.54) is 0 Å². The second kappa shape index (κ2) is 3.34. The lowest BCUT2D eigenvalue weighted by atomic mass is 10.2. The second-order valence-corrected chi connectivity index (χ2v) is 3.52. The van der Waals surface area contributed by atoms with Gasteiger partial charge in [0.15, 0.2) is 5.65 Å². The van der Waals surface area contributed by atoms with Gasteiger partial charge in [-0.3, -0.25) is 4.79 Å². The van der Waals surface area contributed by atoms with Crippen molar-refractivity contribution in [2.75, 3.05) is 0 Å². The van der Waals surface area contributed by atoms with Gasteiger partial charge in [0.2, 0.25) is 0 Å². The normalized spacial score (nSPS) is 10.8. The van der Waals surface area contributed by atoms with Gasteiger partial charge in [0.05, 0.1) is 12.6 Å². The van der Waals surface area contributed by atoms with E-state index in [1.54, 1.807) is 10.7 Å². The molecule has 78 valence electrons. The largest absolute Gasteiger partial charge is 0.481 e. The SMILES string of the molecule is Cc1cn2ncc(CC(=O)O)c2nc1C. The maximum atomic E-state index is 10.6. The quantitative estimate of drug-likeness (QED) is 0.793. The summed E-state index contributed by atoms with van der Waals surface area (Å²) in [5, 5.41) is 12.8. The van der Waals surface area contributed by atoms with Gasteiger partial charge in [0, 0.05) is 17.5 Å². The third-order valence-electron chi connectivity index (χ3n) is 2.34. The molecule has 5 heteroatoms. The van der Waals surface area contributed by atoms with E-state index in [2.05, 4.69) is 10.1 Å². The van der Waals surface area contributed by atoms with Crippen LogP contribution >= 0.6 is 0 Å². The number of carboxylic acids is 1. The van der Waals surface area contributed by atoms with Gasteiger partial charge in [-0.15, -0.1) is 0 Å². The average molecular weight is 205 g/mol. The Morgan fingerprint density at radius 2 is 2.27 bits per heavy atom. The first kappa shape index (κ1) is 9.64. The van der Waals surface area contributed by atoms with Crippen LogP contribution in [0.2, 0.25) is 0 Å². The number of rotatable bonds is 2. The summed E-state index contributed by atoms with van der Waals surface area (Å²) < 4.78 is 1.61. The van der Waals surface area contributed by atoms with Crippen molar-refractivity contribution in [1.82, 2.24) is 14.6 Å². The summed E-state index contributed by atoms with van der Waals surface area (Å²) in [7, 11) is 0. The number of carboxylic acid groups (broad SMARTS) is 1. The van der Waals surface area contributed by atoms with E-state index < -0.39 is 5.97 Å². The zero-order valence-electron chi connectivity index (χ0n) is 8.56. The zero-order valence-corrected chi connectivity index (χ0v) is 8.56. The van der Waals surface area contributed by atoms with Crippen molar-refractivity contribution >= 4 is 11.6 Å². The second-order valence-electron chi connectivity index (χ2n) is 3.52. The number of aliphatic carboxylic acids is 1. The van der Waals surface area contributed by atoms with Gasteiger partial charge >= 0.3 is 5.97 Å². The highest BCUT2D eigenvalue weighted by molar-refractivity contribution is 5.73. The van der Waals surface area contributed by atoms with Crippen LogP contribution in [0, 0.1) is 13.8 Å². The number of aryl methyl sites for hydroxylation is 2. The Kier molecular flexibility index (Phi) is 2.15. The van der Waals surface area contributed by atoms with Crippen molar-refractivity contribution in [3.8, 4) is 0 Å². The van der Waals surface area contributed by atoms with Crippen LogP contribution in [0.25, 0.3) is 5.65 Å². The van der Waals surface area contributed by atoms with Crippen LogP contribution in [0.4, 0.5) is 0 Å². The van der Waals surface area contributed by atoms with Gasteiger partial charge in [0.1, 0.15) is 0 Å². The molecule has 0 atom stereocenters. The average Bonchev–Trinajstić information content (AvgIpc) is 2.49. The van der Waals surface area contributed by atoms with Crippen molar-refractivity contribution in [2.24, 2.45) is 0 Å². The highest BCUT2D eigenvalue weighted by Crippen LogP contribution is 2.11. The molecule has 0 aliphatic heterocycles. The molecule has 2 aromatic rings. The number of hydrogen-bond donors (Lipinski definition) is 1. The van der Waals surface area contributed by atoms with Gasteiger partial charge in [0.25, 0.3) is 0 Å². The minimum atomic E-state index is -0.870. The van der Waals surface area contributed by atoms with E-state index >= 15 is 0 Å². The highest BCUT2D eigenvalue weighted by atomic mass is 16.4. The lowest BCUT2D eigenvalue weighted by molar-refractivity contribution is -0.136. The van der Waals surface area contributed by atoms with E-state index in [0.29, 0.717) is 11.2 Å². The molecule has 2 heterocycles. The molecule has 2 rings (SSSR count). The van der Waals surface area contributed by atoms with Crippen LogP contribution in [0.5, 0.6) is 0 Å². The first-order valence-corrected chi connectivity index (χ1v) is 4.60. The number of nitrogens with zero attached hydrogens (tertiary/aromatic N) is 3. The molecule has 0 unspecified atom stereocenters. The predicted molar refractivity (Wildman–Crippen MR) is 53.8 cm³/mol. The molecule has 0 spiro atoms. The summed E-state index contributed by atoms with van der Waals surface area (Å²) in [5.74, 6) is -0.870. The monoisotopic (exact) mass is 205 g/mol. The van der Waals surface area contributed by atoms with Crippen LogP contribution in [0.15, 0.2) is 12.4 Å². The Morgan fingerprint density at radius 3 is 2.93 bits per heavy atom. The number of hydrogen-bond acceptors (Lipinski definition) is 3. The van der Waals surface area contributed by atoms with Crippen LogP contribution in [-0.2, 0) is 11.2 Å². The Bertz CT molecular complexity index is 531. The Labute approximate surface area is 86.4 Å². The lowest BCUT2D eigenvalue weighted by Crippen LogP contribution is -2.01. The molecule has 0 aromatic carbocycles. The molecule has 2 aromatic heterocycles. The maximum Gasteiger partial charge on any atom is 0.308 e. The summed E-state index contributed by atoms with van der Waals surface area (Å²) in [4.78, 5) is 14.9. The maximum absolute atomic E-state index is 10.6. The number of aromatic nitrogens is 3. The third kappa shape index (κ3) is 1.68. The molecule has 1 N–H and O–H groups in total. The van der Waals surface area contributed by atoms with Crippen LogP contribution in [0.1, 0.15) is 16.8 Å². The molecule has 0 aliphatic carbocycles. The van der Waals surface area contributed by atoms with Crippen LogP contribution in [0.3, 0.4) is 0 Å². The summed E-state index contributed by atoms with van der Waals surface area (Å²) in [6, 6.07) is 0. The standard InChI is InChI=1S/C10H11N3O2/c1-6-5-13-10(12-7(6)2)8(4-11-13)3-9(14)15/h4-5H,3H2,1-2H3,(H,14,15). The topological polar surface area (TPSA) is 67.5 Å². The van der Waals surface area contributed by atoms with E-state index in [1.807, 2.05) is 20.0 Å². The molecule has 0 saturated carbocycles. The van der Waals surface area contributed by atoms with Gasteiger partial charge in [-0.1, -0.05) is 0 Å². The summed E-state index contributed by atoms with van der Waals surface area (Å²) in [6.07, 6.45) is 3.36. The molecule has 15 heavy (non-hydrogen) atoms. The summed E-state index contributed by atoms with van der Waals surface area (Å²) in [5.41, 5.74) is 3.20. The number of fused-ring (bicyclic) bond motifs is 1. The van der Waals surface area contributed by atoms with E-state index in [4.69, 9.17) is 5.11 Å². The molecule has 0 amide bonds. The van der Waals surface area contributed by atoms with Crippen molar-refractivity contribution in [3.63, 3.8) is 0 Å². The highest BCUT2D eigenvalue weighted by Gasteiger charge is 2.10. The predicted octanol–water partition coefficient (Wildman–Crippen LogP) is 0.973. The fourth-order valence-corrected chi connectivity index (χ4v) is 1.42. The Hall–Kier alpha value is -1.91. The first-order valence-electron chi connectivity index (χ1n) is 4.60. The summed E-state index contributed by atoms with van der Waals surface area (Å²) in [6.45, 7) is 3.84. The Balaban J connectivity index is 2.59. The van der Waals surface area contributed by atoms with Crippen molar-refractivity contribution in [1.29, 1.82) is 0 Å². The van der Waals surface area contributed by atoms with Gasteiger partial charge in [-0.2, -0.15) is 5.10 Å². The fourth-order valence-electron chi connectivity index (χ4n) is 1.42. The van der Waals surface area contributed by atoms with E-state index in [-0.39, 0.29) is 6.42 Å². The van der Waals surface area contributed by atoms with Gasteiger partial charge in [-0.05, 0) is 19.4 Å². The third-order valence-corrected chi connectivity index (χ3v) is 2.34. The number of carbonyl (C=O) groups is 1. The molecule has 0 fully saturated rings. The molecule has 0 radical (unpaired) electrons. The minimum Gasteiger partial charge on any atom is -0.481 e.